The number of hydrogen-bond acceptors (Lipinski definition) is 4. The average Bonchev–Trinajstić information content (AvgIpc) is 2.23. The number of ether oxygens (including phenoxy) is 1. The highest BCUT2D eigenvalue weighted by Gasteiger charge is 2.14. The van der Waals surface area contributed by atoms with E-state index < -0.39 is 11.7 Å². The second-order valence-electron chi connectivity index (χ2n) is 4.25. The predicted molar refractivity (Wildman–Crippen MR) is 63.1 cm³/mol. The third-order valence-corrected chi connectivity index (χ3v) is 1.50. The van der Waals surface area contributed by atoms with Crippen LogP contribution < -0.4 is 5.32 Å². The number of nitrogens with zero attached hydrogens (tertiary/aromatic N) is 2. The number of amides is 1. The molecule has 0 aliphatic rings. The topological polar surface area (TPSA) is 64.1 Å². The first-order chi connectivity index (χ1) is 7.97. The van der Waals surface area contributed by atoms with Gasteiger partial charge in [-0.3, -0.25) is 4.98 Å². The van der Waals surface area contributed by atoms with Gasteiger partial charge in [0, 0.05) is 12.4 Å². The fourth-order valence-corrected chi connectivity index (χ4v) is 0.929. The molecule has 5 heteroatoms. The first kappa shape index (κ1) is 13.0. The van der Waals surface area contributed by atoms with Gasteiger partial charge >= 0.3 is 6.09 Å². The molecule has 1 rings (SSSR count). The molecule has 0 aliphatic heterocycles. The van der Waals surface area contributed by atoms with Crippen molar-refractivity contribution in [2.24, 2.45) is 0 Å². The molecule has 0 radical (unpaired) electrons. The molecule has 1 N–H and O–H groups in total. The number of carbonyl (C=O) groups excluding carboxylic acids is 1. The van der Waals surface area contributed by atoms with Gasteiger partial charge in [0.15, 0.2) is 0 Å². The average molecular weight is 233 g/mol. The van der Waals surface area contributed by atoms with E-state index >= 15 is 0 Å². The Balaban J connectivity index is 2.34. The molecule has 90 valence electrons. The van der Waals surface area contributed by atoms with E-state index in [0.717, 1.165) is 0 Å². The van der Waals surface area contributed by atoms with Crippen molar-refractivity contribution < 1.29 is 9.53 Å². The molecule has 0 unspecified atom stereocenters. The Bertz CT molecular complexity index is 427. The Kier molecular flexibility index (Phi) is 4.46. The lowest BCUT2D eigenvalue weighted by atomic mass is 10.2. The van der Waals surface area contributed by atoms with Crippen molar-refractivity contribution in [2.75, 3.05) is 6.54 Å². The van der Waals surface area contributed by atoms with Gasteiger partial charge in [-0.05, 0) is 26.7 Å². The van der Waals surface area contributed by atoms with Crippen LogP contribution in [0.4, 0.5) is 4.79 Å². The molecule has 1 aromatic rings. The molecule has 0 aliphatic carbocycles. The van der Waals surface area contributed by atoms with E-state index in [1.165, 1.54) is 0 Å². The monoisotopic (exact) mass is 233 g/mol. The zero-order chi connectivity index (χ0) is 12.7. The molecule has 1 aromatic heterocycles. The summed E-state index contributed by atoms with van der Waals surface area (Å²) < 4.78 is 5.04. The molecule has 17 heavy (non-hydrogen) atoms. The standard InChI is InChI=1S/C12H15N3O2/c1-12(2,3)17-11(16)15-6-4-5-10-9-13-7-8-14-10/h7-9H,6H2,1-3H3,(H,15,16). The summed E-state index contributed by atoms with van der Waals surface area (Å²) in [7, 11) is 0. The van der Waals surface area contributed by atoms with Crippen molar-refractivity contribution in [3.63, 3.8) is 0 Å². The fraction of sp³-hybridized carbons (Fsp3) is 0.417. The smallest absolute Gasteiger partial charge is 0.408 e. The summed E-state index contributed by atoms with van der Waals surface area (Å²) in [5.74, 6) is 5.52. The predicted octanol–water partition coefficient (Wildman–Crippen LogP) is 1.35. The minimum Gasteiger partial charge on any atom is -0.444 e. The minimum atomic E-state index is -0.498. The first-order valence-electron chi connectivity index (χ1n) is 5.19. The zero-order valence-corrected chi connectivity index (χ0v) is 10.2. The fourth-order valence-electron chi connectivity index (χ4n) is 0.929. The Morgan fingerprint density at radius 2 is 2.24 bits per heavy atom. The summed E-state index contributed by atoms with van der Waals surface area (Å²) in [6.45, 7) is 5.62. The normalized spacial score (nSPS) is 10.1. The van der Waals surface area contributed by atoms with Gasteiger partial charge in [-0.1, -0.05) is 5.92 Å². The molecule has 0 atom stereocenters. The molecule has 0 saturated carbocycles. The van der Waals surface area contributed by atoms with E-state index in [1.807, 2.05) is 0 Å². The Morgan fingerprint density at radius 3 is 2.82 bits per heavy atom. The van der Waals surface area contributed by atoms with Crippen molar-refractivity contribution in [2.45, 2.75) is 26.4 Å². The van der Waals surface area contributed by atoms with Gasteiger partial charge in [0.05, 0.1) is 12.7 Å². The van der Waals surface area contributed by atoms with Crippen LogP contribution in [0.5, 0.6) is 0 Å². The lowest BCUT2D eigenvalue weighted by molar-refractivity contribution is 0.0535. The van der Waals surface area contributed by atoms with E-state index in [1.54, 1.807) is 39.4 Å². The van der Waals surface area contributed by atoms with E-state index in [0.29, 0.717) is 5.69 Å². The van der Waals surface area contributed by atoms with E-state index in [2.05, 4.69) is 27.1 Å². The maximum Gasteiger partial charge on any atom is 0.408 e. The molecule has 5 nitrogen and oxygen atoms in total. The van der Waals surface area contributed by atoms with Crippen LogP contribution in [-0.4, -0.2) is 28.2 Å². The van der Waals surface area contributed by atoms with Crippen LogP contribution in [-0.2, 0) is 4.74 Å². The van der Waals surface area contributed by atoms with Gasteiger partial charge in [-0.15, -0.1) is 0 Å². The Hall–Kier alpha value is -2.09. The summed E-state index contributed by atoms with van der Waals surface area (Å²) >= 11 is 0. The zero-order valence-electron chi connectivity index (χ0n) is 10.2. The van der Waals surface area contributed by atoms with Crippen molar-refractivity contribution in [3.05, 3.63) is 24.3 Å². The Morgan fingerprint density at radius 1 is 1.47 bits per heavy atom. The van der Waals surface area contributed by atoms with Crippen LogP contribution in [0.15, 0.2) is 18.6 Å². The lowest BCUT2D eigenvalue weighted by Gasteiger charge is -2.18. The maximum atomic E-state index is 11.2. The molecule has 0 fully saturated rings. The van der Waals surface area contributed by atoms with E-state index in [4.69, 9.17) is 4.74 Å². The largest absolute Gasteiger partial charge is 0.444 e. The molecule has 1 heterocycles. The SMILES string of the molecule is CC(C)(C)OC(=O)NCC#Cc1cnccn1. The van der Waals surface area contributed by atoms with E-state index in [-0.39, 0.29) is 6.54 Å². The molecule has 0 bridgehead atoms. The van der Waals surface area contributed by atoms with Crippen LogP contribution in [0.3, 0.4) is 0 Å². The summed E-state index contributed by atoms with van der Waals surface area (Å²) in [6, 6.07) is 0. The third kappa shape index (κ3) is 6.15. The highest BCUT2D eigenvalue weighted by Crippen LogP contribution is 2.05. The third-order valence-electron chi connectivity index (χ3n) is 1.50. The molecule has 1 amide bonds. The number of alkyl carbamates (subject to hydrolysis) is 1. The van der Waals surface area contributed by atoms with Crippen molar-refractivity contribution >= 4 is 6.09 Å². The van der Waals surface area contributed by atoms with Crippen LogP contribution in [0.25, 0.3) is 0 Å². The number of carbonyl (C=O) groups is 1. The lowest BCUT2D eigenvalue weighted by Crippen LogP contribution is -2.32. The highest BCUT2D eigenvalue weighted by atomic mass is 16.6. The van der Waals surface area contributed by atoms with Crippen LogP contribution >= 0.6 is 0 Å². The van der Waals surface area contributed by atoms with Gasteiger partial charge in [0.25, 0.3) is 0 Å². The highest BCUT2D eigenvalue weighted by molar-refractivity contribution is 5.68. The van der Waals surface area contributed by atoms with Gasteiger partial charge < -0.3 is 10.1 Å². The number of nitrogens with one attached hydrogen (secondary N) is 1. The van der Waals surface area contributed by atoms with Gasteiger partial charge in [-0.2, -0.15) is 0 Å². The Labute approximate surface area is 101 Å². The van der Waals surface area contributed by atoms with Crippen LogP contribution in [0.2, 0.25) is 0 Å². The maximum absolute atomic E-state index is 11.2. The van der Waals surface area contributed by atoms with Gasteiger partial charge in [0.2, 0.25) is 0 Å². The molecular formula is C12H15N3O2. The first-order valence-corrected chi connectivity index (χ1v) is 5.19. The minimum absolute atomic E-state index is 0.214. The second kappa shape index (κ2) is 5.85. The van der Waals surface area contributed by atoms with Crippen LogP contribution in [0.1, 0.15) is 26.5 Å². The van der Waals surface area contributed by atoms with Crippen molar-refractivity contribution in [3.8, 4) is 11.8 Å². The quantitative estimate of drug-likeness (QED) is 0.744. The molecule has 0 spiro atoms. The molecular weight excluding hydrogens is 218 g/mol. The summed E-state index contributed by atoms with van der Waals surface area (Å²) in [5, 5.41) is 2.53. The number of rotatable bonds is 1. The second-order valence-corrected chi connectivity index (χ2v) is 4.25. The van der Waals surface area contributed by atoms with E-state index in [9.17, 15) is 4.79 Å². The van der Waals surface area contributed by atoms with Gasteiger partial charge in [0.1, 0.15) is 11.3 Å². The molecule has 0 saturated heterocycles. The number of hydrogen-bond donors (Lipinski definition) is 1. The van der Waals surface area contributed by atoms with Gasteiger partial charge in [-0.25, -0.2) is 9.78 Å². The molecule has 0 aromatic carbocycles. The summed E-state index contributed by atoms with van der Waals surface area (Å²) in [6.07, 6.45) is 4.21. The van der Waals surface area contributed by atoms with Crippen molar-refractivity contribution in [1.29, 1.82) is 0 Å². The van der Waals surface area contributed by atoms with Crippen molar-refractivity contribution in [1.82, 2.24) is 15.3 Å². The van der Waals surface area contributed by atoms with Crippen LogP contribution in [0, 0.1) is 11.8 Å². The summed E-state index contributed by atoms with van der Waals surface area (Å²) in [4.78, 5) is 19.1. The summed E-state index contributed by atoms with van der Waals surface area (Å²) in [5.41, 5.74) is 0.0704. The number of aromatic nitrogens is 2.